The fourth-order valence-corrected chi connectivity index (χ4v) is 2.57. The maximum Gasteiger partial charge on any atom is 0.111 e. The van der Waals surface area contributed by atoms with E-state index in [0.717, 1.165) is 34.7 Å². The van der Waals surface area contributed by atoms with Gasteiger partial charge in [-0.3, -0.25) is 9.97 Å². The van der Waals surface area contributed by atoms with Crippen molar-refractivity contribution in [2.24, 2.45) is 0 Å². The number of rotatable bonds is 4. The number of aryl methyl sites for hydroxylation is 3. The summed E-state index contributed by atoms with van der Waals surface area (Å²) in [5, 5.41) is 0. The predicted octanol–water partition coefficient (Wildman–Crippen LogP) is 3.27. The second-order valence-corrected chi connectivity index (χ2v) is 5.57. The molecule has 0 fully saturated rings. The summed E-state index contributed by atoms with van der Waals surface area (Å²) >= 11 is 5.91. The molecule has 21 heavy (non-hydrogen) atoms. The molecule has 0 bridgehead atoms. The Bertz CT molecular complexity index is 762. The van der Waals surface area contributed by atoms with Crippen LogP contribution < -0.4 is 0 Å². The van der Waals surface area contributed by atoms with Crippen LogP contribution in [0, 0.1) is 13.8 Å². The Labute approximate surface area is 128 Å². The average molecular weight is 301 g/mol. The highest BCUT2D eigenvalue weighted by molar-refractivity contribution is 6.17. The zero-order chi connectivity index (χ0) is 14.8. The molecule has 3 rings (SSSR count). The molecule has 0 aliphatic heterocycles. The zero-order valence-electron chi connectivity index (χ0n) is 12.2. The van der Waals surface area contributed by atoms with Crippen LogP contribution in [0.15, 0.2) is 30.6 Å². The molecule has 2 aromatic heterocycles. The SMILES string of the molecule is Cc1ccc2nc(CCCl)n(Cc3cnc(C)cn3)c2c1. The van der Waals surface area contributed by atoms with E-state index >= 15 is 0 Å². The molecule has 0 atom stereocenters. The molecule has 0 unspecified atom stereocenters. The topological polar surface area (TPSA) is 43.6 Å². The van der Waals surface area contributed by atoms with Crippen LogP contribution >= 0.6 is 11.6 Å². The average Bonchev–Trinajstić information content (AvgIpc) is 2.79. The number of hydrogen-bond donors (Lipinski definition) is 0. The lowest BCUT2D eigenvalue weighted by molar-refractivity contribution is 0.732. The van der Waals surface area contributed by atoms with Gasteiger partial charge in [-0.2, -0.15) is 0 Å². The lowest BCUT2D eigenvalue weighted by atomic mass is 10.2. The maximum atomic E-state index is 5.91. The first-order chi connectivity index (χ1) is 10.2. The van der Waals surface area contributed by atoms with Crippen molar-refractivity contribution in [3.63, 3.8) is 0 Å². The van der Waals surface area contributed by atoms with E-state index in [0.29, 0.717) is 12.4 Å². The van der Waals surface area contributed by atoms with Gasteiger partial charge in [0.15, 0.2) is 0 Å². The Morgan fingerprint density at radius 2 is 2.00 bits per heavy atom. The van der Waals surface area contributed by atoms with E-state index < -0.39 is 0 Å². The van der Waals surface area contributed by atoms with Crippen molar-refractivity contribution in [2.45, 2.75) is 26.8 Å². The Kier molecular flexibility index (Phi) is 3.88. The lowest BCUT2D eigenvalue weighted by Gasteiger charge is -2.08. The summed E-state index contributed by atoms with van der Waals surface area (Å²) < 4.78 is 2.18. The number of imidazole rings is 1. The van der Waals surface area contributed by atoms with Gasteiger partial charge in [-0.05, 0) is 31.5 Å². The van der Waals surface area contributed by atoms with Gasteiger partial charge >= 0.3 is 0 Å². The largest absolute Gasteiger partial charge is 0.322 e. The summed E-state index contributed by atoms with van der Waals surface area (Å²) in [6, 6.07) is 6.29. The summed E-state index contributed by atoms with van der Waals surface area (Å²) in [7, 11) is 0. The van der Waals surface area contributed by atoms with Gasteiger partial charge in [-0.25, -0.2) is 4.98 Å². The summed E-state index contributed by atoms with van der Waals surface area (Å²) in [4.78, 5) is 13.4. The molecular formula is C16H17ClN4. The molecular weight excluding hydrogens is 284 g/mol. The minimum absolute atomic E-state index is 0.557. The van der Waals surface area contributed by atoms with E-state index in [9.17, 15) is 0 Å². The maximum absolute atomic E-state index is 5.91. The van der Waals surface area contributed by atoms with Gasteiger partial charge in [-0.15, -0.1) is 11.6 Å². The fraction of sp³-hybridized carbons (Fsp3) is 0.312. The summed E-state index contributed by atoms with van der Waals surface area (Å²) in [6.45, 7) is 4.69. The van der Waals surface area contributed by atoms with E-state index in [2.05, 4.69) is 44.6 Å². The van der Waals surface area contributed by atoms with Gasteiger partial charge in [0.05, 0.1) is 35.2 Å². The van der Waals surface area contributed by atoms with Crippen molar-refractivity contribution in [1.82, 2.24) is 19.5 Å². The quantitative estimate of drug-likeness (QED) is 0.695. The van der Waals surface area contributed by atoms with E-state index in [4.69, 9.17) is 11.6 Å². The van der Waals surface area contributed by atoms with Crippen molar-refractivity contribution in [2.75, 3.05) is 5.88 Å². The second kappa shape index (κ2) is 5.82. The number of halogens is 1. The van der Waals surface area contributed by atoms with Crippen LogP contribution in [0.5, 0.6) is 0 Å². The van der Waals surface area contributed by atoms with Gasteiger partial charge in [0.25, 0.3) is 0 Å². The molecule has 0 N–H and O–H groups in total. The Balaban J connectivity index is 2.07. The molecule has 1 aromatic carbocycles. The van der Waals surface area contributed by atoms with Crippen molar-refractivity contribution < 1.29 is 0 Å². The fourth-order valence-electron chi connectivity index (χ4n) is 2.40. The third-order valence-electron chi connectivity index (χ3n) is 3.46. The van der Waals surface area contributed by atoms with E-state index in [1.807, 2.05) is 13.1 Å². The smallest absolute Gasteiger partial charge is 0.111 e. The molecule has 0 aliphatic rings. The molecule has 0 saturated carbocycles. The van der Waals surface area contributed by atoms with Gasteiger partial charge in [0.1, 0.15) is 5.82 Å². The van der Waals surface area contributed by atoms with Crippen LogP contribution in [-0.2, 0) is 13.0 Å². The predicted molar refractivity (Wildman–Crippen MR) is 84.8 cm³/mol. The molecule has 0 saturated heterocycles. The summed E-state index contributed by atoms with van der Waals surface area (Å²) in [5.41, 5.74) is 5.19. The molecule has 4 nitrogen and oxygen atoms in total. The molecule has 108 valence electrons. The minimum Gasteiger partial charge on any atom is -0.322 e. The van der Waals surface area contributed by atoms with Crippen LogP contribution in [0.4, 0.5) is 0 Å². The first kappa shape index (κ1) is 14.0. The Morgan fingerprint density at radius 1 is 1.14 bits per heavy atom. The lowest BCUT2D eigenvalue weighted by Crippen LogP contribution is -2.07. The third kappa shape index (κ3) is 2.90. The standard InChI is InChI=1S/C16H17ClN4/c1-11-3-4-14-15(7-11)21(16(20-14)5-6-17)10-13-9-18-12(2)8-19-13/h3-4,7-9H,5-6,10H2,1-2H3. The summed E-state index contributed by atoms with van der Waals surface area (Å²) in [6.07, 6.45) is 4.36. The van der Waals surface area contributed by atoms with Gasteiger partial charge < -0.3 is 4.57 Å². The molecule has 5 heteroatoms. The highest BCUT2D eigenvalue weighted by Gasteiger charge is 2.11. The van der Waals surface area contributed by atoms with Gasteiger partial charge in [-0.1, -0.05) is 6.07 Å². The zero-order valence-corrected chi connectivity index (χ0v) is 12.9. The molecule has 2 heterocycles. The summed E-state index contributed by atoms with van der Waals surface area (Å²) in [5.74, 6) is 1.55. The number of alkyl halides is 1. The van der Waals surface area contributed by atoms with Crippen LogP contribution in [-0.4, -0.2) is 25.4 Å². The molecule has 0 aliphatic carbocycles. The first-order valence-corrected chi connectivity index (χ1v) is 7.50. The number of fused-ring (bicyclic) bond motifs is 1. The van der Waals surface area contributed by atoms with Crippen molar-refractivity contribution >= 4 is 22.6 Å². The van der Waals surface area contributed by atoms with Crippen molar-refractivity contribution in [1.29, 1.82) is 0 Å². The highest BCUT2D eigenvalue weighted by Crippen LogP contribution is 2.19. The monoisotopic (exact) mass is 300 g/mol. The van der Waals surface area contributed by atoms with Crippen LogP contribution in [0.3, 0.4) is 0 Å². The number of aromatic nitrogens is 4. The number of nitrogens with zero attached hydrogens (tertiary/aromatic N) is 4. The van der Waals surface area contributed by atoms with Gasteiger partial charge in [0, 0.05) is 18.5 Å². The minimum atomic E-state index is 0.557. The number of benzene rings is 1. The molecule has 0 radical (unpaired) electrons. The van der Waals surface area contributed by atoms with Crippen LogP contribution in [0.2, 0.25) is 0 Å². The Hall–Kier alpha value is -1.94. The molecule has 0 spiro atoms. The van der Waals surface area contributed by atoms with E-state index in [1.165, 1.54) is 5.56 Å². The second-order valence-electron chi connectivity index (χ2n) is 5.19. The van der Waals surface area contributed by atoms with E-state index in [-0.39, 0.29) is 0 Å². The normalized spacial score (nSPS) is 11.2. The van der Waals surface area contributed by atoms with Crippen molar-refractivity contribution in [3.05, 3.63) is 53.4 Å². The Morgan fingerprint density at radius 3 is 2.71 bits per heavy atom. The van der Waals surface area contributed by atoms with Crippen LogP contribution in [0.1, 0.15) is 22.8 Å². The molecule has 3 aromatic rings. The van der Waals surface area contributed by atoms with Gasteiger partial charge in [0.2, 0.25) is 0 Å². The van der Waals surface area contributed by atoms with Crippen molar-refractivity contribution in [3.8, 4) is 0 Å². The molecule has 0 amide bonds. The third-order valence-corrected chi connectivity index (χ3v) is 3.64. The highest BCUT2D eigenvalue weighted by atomic mass is 35.5. The van der Waals surface area contributed by atoms with Crippen LogP contribution in [0.25, 0.3) is 11.0 Å². The first-order valence-electron chi connectivity index (χ1n) is 6.96. The van der Waals surface area contributed by atoms with E-state index in [1.54, 1.807) is 6.20 Å². The number of hydrogen-bond acceptors (Lipinski definition) is 3.